The molecule has 0 aromatic heterocycles. The summed E-state index contributed by atoms with van der Waals surface area (Å²) >= 11 is 0. The average Bonchev–Trinajstić information content (AvgIpc) is 2.23. The average molecular weight is 198 g/mol. The lowest BCUT2D eigenvalue weighted by atomic mass is 9.78. The first-order chi connectivity index (χ1) is 6.74. The van der Waals surface area contributed by atoms with Crippen molar-refractivity contribution in [3.8, 4) is 0 Å². The Bertz CT molecular complexity index is 145. The molecule has 0 aliphatic carbocycles. The summed E-state index contributed by atoms with van der Waals surface area (Å²) in [5, 5.41) is 0. The molecular weight excluding hydrogens is 172 g/mol. The lowest BCUT2D eigenvalue weighted by Gasteiger charge is -2.30. The molecular formula is C13H26O. The fourth-order valence-corrected chi connectivity index (χ4v) is 1.95. The summed E-state index contributed by atoms with van der Waals surface area (Å²) in [5.74, 6) is 0. The molecule has 0 spiro atoms. The molecule has 1 nitrogen and oxygen atoms in total. The zero-order valence-corrected chi connectivity index (χ0v) is 10.3. The van der Waals surface area contributed by atoms with E-state index in [1.807, 2.05) is 7.11 Å². The van der Waals surface area contributed by atoms with E-state index in [4.69, 9.17) is 4.74 Å². The summed E-state index contributed by atoms with van der Waals surface area (Å²) in [6.07, 6.45) is 10.6. The van der Waals surface area contributed by atoms with Gasteiger partial charge < -0.3 is 4.74 Å². The third-order valence-electron chi connectivity index (χ3n) is 3.26. The van der Waals surface area contributed by atoms with Crippen molar-refractivity contribution in [2.75, 3.05) is 13.7 Å². The third-order valence-corrected chi connectivity index (χ3v) is 3.26. The van der Waals surface area contributed by atoms with Gasteiger partial charge in [-0.2, -0.15) is 0 Å². The maximum atomic E-state index is 5.33. The van der Waals surface area contributed by atoms with Gasteiger partial charge in [0, 0.05) is 7.11 Å². The second-order valence-corrected chi connectivity index (χ2v) is 4.10. The first-order valence-electron chi connectivity index (χ1n) is 5.84. The fraction of sp³-hybridized carbons (Fsp3) is 0.846. The molecule has 0 radical (unpaired) electrons. The maximum Gasteiger partial charge on any atom is 0.0518 e. The van der Waals surface area contributed by atoms with Crippen LogP contribution in [0.2, 0.25) is 0 Å². The summed E-state index contributed by atoms with van der Waals surface area (Å²) in [5.41, 5.74) is 0.427. The molecule has 0 amide bonds. The van der Waals surface area contributed by atoms with Gasteiger partial charge in [-0.05, 0) is 44.4 Å². The molecule has 0 saturated carbocycles. The van der Waals surface area contributed by atoms with Gasteiger partial charge in [0.15, 0.2) is 0 Å². The molecule has 0 unspecified atom stereocenters. The van der Waals surface area contributed by atoms with Gasteiger partial charge in [-0.3, -0.25) is 0 Å². The number of rotatable bonds is 8. The molecule has 14 heavy (non-hydrogen) atoms. The summed E-state index contributed by atoms with van der Waals surface area (Å²) in [7, 11) is 1.81. The maximum absolute atomic E-state index is 5.33. The van der Waals surface area contributed by atoms with Crippen LogP contribution in [0, 0.1) is 5.41 Å². The molecule has 0 aromatic carbocycles. The minimum Gasteiger partial charge on any atom is -0.384 e. The molecule has 0 N–H and O–H groups in total. The Balaban J connectivity index is 3.93. The van der Waals surface area contributed by atoms with E-state index in [1.165, 1.54) is 32.1 Å². The van der Waals surface area contributed by atoms with Gasteiger partial charge in [0.05, 0.1) is 6.61 Å². The van der Waals surface area contributed by atoms with Crippen LogP contribution in [0.4, 0.5) is 0 Å². The molecule has 0 aliphatic heterocycles. The van der Waals surface area contributed by atoms with Gasteiger partial charge >= 0.3 is 0 Å². The Morgan fingerprint density at radius 2 is 1.86 bits per heavy atom. The Morgan fingerprint density at radius 1 is 1.21 bits per heavy atom. The van der Waals surface area contributed by atoms with Crippen LogP contribution in [0.15, 0.2) is 12.2 Å². The summed E-state index contributed by atoms with van der Waals surface area (Å²) < 4.78 is 5.33. The van der Waals surface area contributed by atoms with E-state index >= 15 is 0 Å². The van der Waals surface area contributed by atoms with Gasteiger partial charge in [0.2, 0.25) is 0 Å². The van der Waals surface area contributed by atoms with Crippen LogP contribution in [0.1, 0.15) is 52.9 Å². The molecule has 0 aromatic rings. The van der Waals surface area contributed by atoms with Crippen LogP contribution < -0.4 is 0 Å². The van der Waals surface area contributed by atoms with E-state index in [2.05, 4.69) is 32.9 Å². The minimum atomic E-state index is 0.427. The summed E-state index contributed by atoms with van der Waals surface area (Å²) in [6.45, 7) is 7.55. The standard InChI is InChI=1S/C13H26O/c1-5-8-9-10-11-13(6-2,7-3)12-14-4/h5,8H,6-7,9-12H2,1-4H3/b8-5+. The number of hydrogen-bond donors (Lipinski definition) is 0. The molecule has 0 heterocycles. The van der Waals surface area contributed by atoms with Gasteiger partial charge in [-0.25, -0.2) is 0 Å². The highest BCUT2D eigenvalue weighted by Crippen LogP contribution is 2.32. The van der Waals surface area contributed by atoms with Crippen molar-refractivity contribution in [3.63, 3.8) is 0 Å². The van der Waals surface area contributed by atoms with Crippen LogP contribution in [0.5, 0.6) is 0 Å². The van der Waals surface area contributed by atoms with E-state index in [9.17, 15) is 0 Å². The molecule has 0 atom stereocenters. The first-order valence-corrected chi connectivity index (χ1v) is 5.84. The molecule has 0 rings (SSSR count). The quantitative estimate of drug-likeness (QED) is 0.420. The first kappa shape index (κ1) is 13.7. The van der Waals surface area contributed by atoms with E-state index in [0.29, 0.717) is 5.41 Å². The fourth-order valence-electron chi connectivity index (χ4n) is 1.95. The van der Waals surface area contributed by atoms with Crippen molar-refractivity contribution in [3.05, 3.63) is 12.2 Å². The Kier molecular flexibility index (Phi) is 7.87. The Labute approximate surface area is 89.5 Å². The van der Waals surface area contributed by atoms with E-state index in [0.717, 1.165) is 6.61 Å². The van der Waals surface area contributed by atoms with Crippen molar-refractivity contribution < 1.29 is 4.74 Å². The number of hydrogen-bond acceptors (Lipinski definition) is 1. The summed E-state index contributed by atoms with van der Waals surface area (Å²) in [6, 6.07) is 0. The predicted molar refractivity (Wildman–Crippen MR) is 63.6 cm³/mol. The topological polar surface area (TPSA) is 9.23 Å². The van der Waals surface area contributed by atoms with Crippen LogP contribution >= 0.6 is 0 Å². The van der Waals surface area contributed by atoms with E-state index in [1.54, 1.807) is 0 Å². The second-order valence-electron chi connectivity index (χ2n) is 4.10. The number of unbranched alkanes of at least 4 members (excludes halogenated alkanes) is 1. The molecule has 0 aliphatic rings. The van der Waals surface area contributed by atoms with Gasteiger partial charge in [-0.1, -0.05) is 26.0 Å². The molecule has 0 fully saturated rings. The van der Waals surface area contributed by atoms with Crippen LogP contribution in [-0.4, -0.2) is 13.7 Å². The highest BCUT2D eigenvalue weighted by atomic mass is 16.5. The zero-order chi connectivity index (χ0) is 10.9. The minimum absolute atomic E-state index is 0.427. The van der Waals surface area contributed by atoms with Crippen molar-refractivity contribution in [1.82, 2.24) is 0 Å². The number of methoxy groups -OCH3 is 1. The molecule has 0 bridgehead atoms. The van der Waals surface area contributed by atoms with Gasteiger partial charge in [0.25, 0.3) is 0 Å². The van der Waals surface area contributed by atoms with Crippen molar-refractivity contribution in [1.29, 1.82) is 0 Å². The Morgan fingerprint density at radius 3 is 2.29 bits per heavy atom. The second kappa shape index (κ2) is 8.05. The molecule has 0 saturated heterocycles. The third kappa shape index (κ3) is 4.80. The lowest BCUT2D eigenvalue weighted by molar-refractivity contribution is 0.0638. The number of ether oxygens (including phenoxy) is 1. The monoisotopic (exact) mass is 198 g/mol. The van der Waals surface area contributed by atoms with Crippen molar-refractivity contribution in [2.45, 2.75) is 52.9 Å². The Hall–Kier alpha value is -0.300. The van der Waals surface area contributed by atoms with Gasteiger partial charge in [-0.15, -0.1) is 0 Å². The van der Waals surface area contributed by atoms with Crippen molar-refractivity contribution in [2.24, 2.45) is 5.41 Å². The van der Waals surface area contributed by atoms with Crippen LogP contribution in [-0.2, 0) is 4.74 Å². The smallest absolute Gasteiger partial charge is 0.0518 e. The zero-order valence-electron chi connectivity index (χ0n) is 10.3. The molecule has 84 valence electrons. The highest BCUT2D eigenvalue weighted by molar-refractivity contribution is 4.81. The van der Waals surface area contributed by atoms with Crippen LogP contribution in [0.3, 0.4) is 0 Å². The number of allylic oxidation sites excluding steroid dienone is 2. The normalized spacial score (nSPS) is 12.6. The molecule has 1 heteroatoms. The lowest BCUT2D eigenvalue weighted by Crippen LogP contribution is -2.24. The summed E-state index contributed by atoms with van der Waals surface area (Å²) in [4.78, 5) is 0. The van der Waals surface area contributed by atoms with E-state index in [-0.39, 0.29) is 0 Å². The van der Waals surface area contributed by atoms with Gasteiger partial charge in [0.1, 0.15) is 0 Å². The van der Waals surface area contributed by atoms with Crippen LogP contribution in [0.25, 0.3) is 0 Å². The van der Waals surface area contributed by atoms with E-state index < -0.39 is 0 Å². The van der Waals surface area contributed by atoms with Crippen molar-refractivity contribution >= 4 is 0 Å². The highest BCUT2D eigenvalue weighted by Gasteiger charge is 2.24. The predicted octanol–water partition coefficient (Wildman–Crippen LogP) is 4.19. The largest absolute Gasteiger partial charge is 0.384 e. The SMILES string of the molecule is C/C=C/CCCC(CC)(CC)COC.